The van der Waals surface area contributed by atoms with E-state index in [-0.39, 0.29) is 17.9 Å². The zero-order chi connectivity index (χ0) is 19.5. The number of benzene rings is 1. The van der Waals surface area contributed by atoms with Crippen molar-refractivity contribution in [3.05, 3.63) is 36.2 Å². The number of carbonyl (C=O) groups is 2. The van der Waals surface area contributed by atoms with Crippen LogP contribution in [0.1, 0.15) is 50.9 Å². The van der Waals surface area contributed by atoms with Crippen LogP contribution in [0.5, 0.6) is 0 Å². The zero-order valence-electron chi connectivity index (χ0n) is 16.4. The summed E-state index contributed by atoms with van der Waals surface area (Å²) in [5.74, 6) is 1.79. The van der Waals surface area contributed by atoms with Crippen LogP contribution in [0.4, 0.5) is 0 Å². The Kier molecular flexibility index (Phi) is 5.41. The van der Waals surface area contributed by atoms with E-state index in [9.17, 15) is 9.59 Å². The van der Waals surface area contributed by atoms with Gasteiger partial charge < -0.3 is 9.80 Å². The maximum Gasteiger partial charge on any atom is 0.225 e. The minimum absolute atomic E-state index is 0.0834. The molecule has 148 valence electrons. The fraction of sp³-hybridized carbons (Fsp3) is 0.524. The van der Waals surface area contributed by atoms with Crippen LogP contribution in [0.2, 0.25) is 0 Å². The molecule has 7 nitrogen and oxygen atoms in total. The summed E-state index contributed by atoms with van der Waals surface area (Å²) in [6.07, 6.45) is 4.07. The molecule has 1 aromatic carbocycles. The number of nitrogens with zero attached hydrogens (tertiary/aromatic N) is 5. The molecule has 2 aliphatic rings. The van der Waals surface area contributed by atoms with Crippen molar-refractivity contribution in [1.29, 1.82) is 0 Å². The number of amides is 2. The summed E-state index contributed by atoms with van der Waals surface area (Å²) < 4.78 is 1.91. The van der Waals surface area contributed by atoms with E-state index in [1.54, 1.807) is 0 Å². The third-order valence-corrected chi connectivity index (χ3v) is 5.71. The van der Waals surface area contributed by atoms with E-state index in [0.717, 1.165) is 37.2 Å². The van der Waals surface area contributed by atoms with E-state index in [1.807, 2.05) is 51.7 Å². The minimum atomic E-state index is -0.119. The molecule has 0 radical (unpaired) electrons. The number of rotatable bonds is 4. The lowest BCUT2D eigenvalue weighted by molar-refractivity contribution is -0.136. The standard InChI is InChI=1S/C21H27N5O2/c1-16-21-22-20(17-8-4-2-5-9-17)23-26(21)15-14-25(16)19(28)11-13-24-12-7-3-6-10-18(24)27/h2,4-5,8-9,16H,3,6-7,10-15H2,1H3/t16-/m0/s1. The molecule has 0 spiro atoms. The predicted molar refractivity (Wildman–Crippen MR) is 105 cm³/mol. The minimum Gasteiger partial charge on any atom is -0.342 e. The van der Waals surface area contributed by atoms with Gasteiger partial charge in [0.1, 0.15) is 5.82 Å². The summed E-state index contributed by atoms with van der Waals surface area (Å²) in [6.45, 7) is 4.56. The summed E-state index contributed by atoms with van der Waals surface area (Å²) >= 11 is 0. The lowest BCUT2D eigenvalue weighted by atomic mass is 10.2. The van der Waals surface area contributed by atoms with Gasteiger partial charge in [-0.15, -0.1) is 0 Å². The Hall–Kier alpha value is -2.70. The first kappa shape index (κ1) is 18.7. The summed E-state index contributed by atoms with van der Waals surface area (Å²) in [4.78, 5) is 33.4. The highest BCUT2D eigenvalue weighted by Crippen LogP contribution is 2.26. The van der Waals surface area contributed by atoms with Crippen LogP contribution in [0, 0.1) is 0 Å². The van der Waals surface area contributed by atoms with Gasteiger partial charge in [0.2, 0.25) is 11.8 Å². The molecule has 0 aliphatic carbocycles. The molecular weight excluding hydrogens is 354 g/mol. The molecule has 2 aliphatic heterocycles. The van der Waals surface area contributed by atoms with Crippen molar-refractivity contribution < 1.29 is 9.59 Å². The lowest BCUT2D eigenvalue weighted by Crippen LogP contribution is -2.43. The highest BCUT2D eigenvalue weighted by atomic mass is 16.2. The molecule has 28 heavy (non-hydrogen) atoms. The molecule has 2 aromatic rings. The third kappa shape index (κ3) is 3.79. The third-order valence-electron chi connectivity index (χ3n) is 5.71. The van der Waals surface area contributed by atoms with Crippen LogP contribution in [-0.4, -0.2) is 56.0 Å². The van der Waals surface area contributed by atoms with Gasteiger partial charge >= 0.3 is 0 Å². The Balaban J connectivity index is 1.42. The van der Waals surface area contributed by atoms with Crippen molar-refractivity contribution in [2.75, 3.05) is 19.6 Å². The maximum atomic E-state index is 12.9. The first-order chi connectivity index (χ1) is 13.6. The van der Waals surface area contributed by atoms with Gasteiger partial charge in [0.25, 0.3) is 0 Å². The van der Waals surface area contributed by atoms with Gasteiger partial charge in [0.15, 0.2) is 5.82 Å². The molecule has 0 unspecified atom stereocenters. The van der Waals surface area contributed by atoms with E-state index in [1.165, 1.54) is 0 Å². The molecule has 1 aromatic heterocycles. The second-order valence-corrected chi connectivity index (χ2v) is 7.59. The van der Waals surface area contributed by atoms with Crippen molar-refractivity contribution in [3.63, 3.8) is 0 Å². The maximum absolute atomic E-state index is 12.9. The number of hydrogen-bond acceptors (Lipinski definition) is 4. The smallest absolute Gasteiger partial charge is 0.225 e. The normalized spacial score (nSPS) is 20.0. The van der Waals surface area contributed by atoms with Crippen LogP contribution in [0.3, 0.4) is 0 Å². The molecule has 4 rings (SSSR count). The second kappa shape index (κ2) is 8.12. The molecule has 3 heterocycles. The molecule has 1 saturated heterocycles. The summed E-state index contributed by atoms with van der Waals surface area (Å²) in [7, 11) is 0. The monoisotopic (exact) mass is 381 g/mol. The Morgan fingerprint density at radius 2 is 1.93 bits per heavy atom. The van der Waals surface area contributed by atoms with Crippen molar-refractivity contribution in [3.8, 4) is 11.4 Å². The Morgan fingerprint density at radius 3 is 2.75 bits per heavy atom. The van der Waals surface area contributed by atoms with Gasteiger partial charge in [0, 0.05) is 38.0 Å². The van der Waals surface area contributed by atoms with Gasteiger partial charge in [-0.05, 0) is 19.8 Å². The predicted octanol–water partition coefficient (Wildman–Crippen LogP) is 2.64. The average molecular weight is 381 g/mol. The van der Waals surface area contributed by atoms with Gasteiger partial charge in [-0.25, -0.2) is 9.67 Å². The fourth-order valence-corrected chi connectivity index (χ4v) is 4.06. The topological polar surface area (TPSA) is 71.3 Å². The number of likely N-dealkylation sites (tertiary alicyclic amines) is 1. The molecule has 0 bridgehead atoms. The van der Waals surface area contributed by atoms with Crippen LogP contribution >= 0.6 is 0 Å². The first-order valence-corrected chi connectivity index (χ1v) is 10.2. The SMILES string of the molecule is C[C@H]1c2nc(-c3ccccc3)nn2CCN1C(=O)CCN1CCCCCC1=O. The molecular formula is C21H27N5O2. The Morgan fingerprint density at radius 1 is 1.11 bits per heavy atom. The largest absolute Gasteiger partial charge is 0.342 e. The Bertz CT molecular complexity index is 848. The summed E-state index contributed by atoms with van der Waals surface area (Å²) in [6, 6.07) is 9.78. The van der Waals surface area contributed by atoms with Crippen molar-refractivity contribution >= 4 is 11.8 Å². The van der Waals surface area contributed by atoms with E-state index >= 15 is 0 Å². The number of aromatic nitrogens is 3. The number of fused-ring (bicyclic) bond motifs is 1. The quantitative estimate of drug-likeness (QED) is 0.816. The van der Waals surface area contributed by atoms with Gasteiger partial charge in [-0.2, -0.15) is 5.10 Å². The lowest BCUT2D eigenvalue weighted by Gasteiger charge is -2.33. The highest BCUT2D eigenvalue weighted by Gasteiger charge is 2.31. The molecule has 0 saturated carbocycles. The van der Waals surface area contributed by atoms with E-state index in [4.69, 9.17) is 4.98 Å². The van der Waals surface area contributed by atoms with Crippen molar-refractivity contribution in [2.24, 2.45) is 0 Å². The fourth-order valence-electron chi connectivity index (χ4n) is 4.06. The van der Waals surface area contributed by atoms with Crippen LogP contribution in [0.15, 0.2) is 30.3 Å². The first-order valence-electron chi connectivity index (χ1n) is 10.2. The molecule has 1 atom stereocenters. The molecule has 7 heteroatoms. The van der Waals surface area contributed by atoms with E-state index in [2.05, 4.69) is 5.10 Å². The molecule has 0 N–H and O–H groups in total. The Labute approximate surface area is 165 Å². The zero-order valence-corrected chi connectivity index (χ0v) is 16.4. The highest BCUT2D eigenvalue weighted by molar-refractivity contribution is 5.79. The second-order valence-electron chi connectivity index (χ2n) is 7.59. The average Bonchev–Trinajstić information content (AvgIpc) is 3.05. The van der Waals surface area contributed by atoms with E-state index in [0.29, 0.717) is 38.3 Å². The van der Waals surface area contributed by atoms with Crippen molar-refractivity contribution in [2.45, 2.75) is 51.6 Å². The molecule has 1 fully saturated rings. The van der Waals surface area contributed by atoms with E-state index < -0.39 is 0 Å². The van der Waals surface area contributed by atoms with Crippen LogP contribution in [-0.2, 0) is 16.1 Å². The van der Waals surface area contributed by atoms with Crippen molar-refractivity contribution in [1.82, 2.24) is 24.6 Å². The van der Waals surface area contributed by atoms with Gasteiger partial charge in [-0.1, -0.05) is 36.8 Å². The number of carbonyl (C=O) groups excluding carboxylic acids is 2. The number of hydrogen-bond donors (Lipinski definition) is 0. The van der Waals surface area contributed by atoms with Crippen LogP contribution < -0.4 is 0 Å². The van der Waals surface area contributed by atoms with Gasteiger partial charge in [-0.3, -0.25) is 9.59 Å². The molecule has 2 amide bonds. The van der Waals surface area contributed by atoms with Gasteiger partial charge in [0.05, 0.1) is 12.6 Å². The summed E-state index contributed by atoms with van der Waals surface area (Å²) in [5.41, 5.74) is 0.981. The summed E-state index contributed by atoms with van der Waals surface area (Å²) in [5, 5.41) is 4.62. The van der Waals surface area contributed by atoms with Crippen LogP contribution in [0.25, 0.3) is 11.4 Å².